The Morgan fingerprint density at radius 2 is 1.62 bits per heavy atom. The first-order valence-electron chi connectivity index (χ1n) is 5.94. The van der Waals surface area contributed by atoms with Crippen LogP contribution in [0.25, 0.3) is 0 Å². The molecule has 0 aromatic rings. The van der Waals surface area contributed by atoms with Crippen molar-refractivity contribution in [3.63, 3.8) is 0 Å². The molecule has 2 aliphatic rings. The predicted molar refractivity (Wildman–Crippen MR) is 54.5 cm³/mol. The van der Waals surface area contributed by atoms with Crippen molar-refractivity contribution in [2.24, 2.45) is 11.3 Å². The van der Waals surface area contributed by atoms with Gasteiger partial charge in [0, 0.05) is 0 Å². The summed E-state index contributed by atoms with van der Waals surface area (Å²) >= 11 is 0. The summed E-state index contributed by atoms with van der Waals surface area (Å²) in [7, 11) is 0. The number of aliphatic hydroxyl groups excluding tert-OH is 1. The summed E-state index contributed by atoms with van der Waals surface area (Å²) in [6.07, 6.45) is 10.8. The van der Waals surface area contributed by atoms with Gasteiger partial charge in [-0.2, -0.15) is 0 Å². The van der Waals surface area contributed by atoms with Crippen LogP contribution in [-0.2, 0) is 0 Å². The summed E-state index contributed by atoms with van der Waals surface area (Å²) in [4.78, 5) is 0. The fraction of sp³-hybridized carbons (Fsp3) is 1.00. The van der Waals surface area contributed by atoms with Gasteiger partial charge in [-0.3, -0.25) is 0 Å². The number of fused-ring (bicyclic) bond motifs is 1. The van der Waals surface area contributed by atoms with Crippen molar-refractivity contribution in [1.29, 1.82) is 0 Å². The first-order valence-corrected chi connectivity index (χ1v) is 5.94. The van der Waals surface area contributed by atoms with E-state index in [0.29, 0.717) is 5.41 Å². The Hall–Kier alpha value is -0.0400. The molecule has 0 heterocycles. The van der Waals surface area contributed by atoms with E-state index in [9.17, 15) is 5.11 Å². The van der Waals surface area contributed by atoms with Gasteiger partial charge in [-0.1, -0.05) is 25.7 Å². The smallest absolute Gasteiger partial charge is 0.0570 e. The molecule has 2 aliphatic carbocycles. The highest BCUT2D eigenvalue weighted by Crippen LogP contribution is 2.52. The van der Waals surface area contributed by atoms with Crippen molar-refractivity contribution in [2.45, 2.75) is 64.4 Å². The van der Waals surface area contributed by atoms with Gasteiger partial charge in [-0.05, 0) is 43.9 Å². The first-order chi connectivity index (χ1) is 6.26. The van der Waals surface area contributed by atoms with Crippen LogP contribution >= 0.6 is 0 Å². The fourth-order valence-electron chi connectivity index (χ4n) is 3.70. The Morgan fingerprint density at radius 3 is 2.00 bits per heavy atom. The second kappa shape index (κ2) is 3.61. The maximum absolute atomic E-state index is 9.96. The van der Waals surface area contributed by atoms with Gasteiger partial charge in [-0.15, -0.1) is 0 Å². The molecule has 0 saturated heterocycles. The van der Waals surface area contributed by atoms with E-state index in [2.05, 4.69) is 0 Å². The molecule has 2 fully saturated rings. The van der Waals surface area contributed by atoms with E-state index in [1.165, 1.54) is 51.4 Å². The minimum Gasteiger partial charge on any atom is -0.393 e. The monoisotopic (exact) mass is 182 g/mol. The molecule has 0 aromatic heterocycles. The highest BCUT2D eigenvalue weighted by atomic mass is 16.3. The van der Waals surface area contributed by atoms with Crippen LogP contribution in [-0.4, -0.2) is 11.2 Å². The molecule has 1 unspecified atom stereocenters. The molecule has 76 valence electrons. The van der Waals surface area contributed by atoms with Crippen LogP contribution in [0.15, 0.2) is 0 Å². The van der Waals surface area contributed by atoms with Crippen LogP contribution in [0.4, 0.5) is 0 Å². The van der Waals surface area contributed by atoms with Gasteiger partial charge in [0.2, 0.25) is 0 Å². The molecule has 2 rings (SSSR count). The highest BCUT2D eigenvalue weighted by molar-refractivity contribution is 4.95. The lowest BCUT2D eigenvalue weighted by Gasteiger charge is -2.49. The van der Waals surface area contributed by atoms with E-state index in [1.807, 2.05) is 6.92 Å². The van der Waals surface area contributed by atoms with Gasteiger partial charge in [0.05, 0.1) is 6.10 Å². The zero-order valence-corrected chi connectivity index (χ0v) is 8.76. The second-order valence-corrected chi connectivity index (χ2v) is 5.10. The zero-order valence-electron chi connectivity index (χ0n) is 8.76. The first kappa shape index (κ1) is 9.51. The predicted octanol–water partition coefficient (Wildman–Crippen LogP) is 3.12. The summed E-state index contributed by atoms with van der Waals surface area (Å²) in [6.45, 7) is 2.02. The molecule has 1 nitrogen and oxygen atoms in total. The van der Waals surface area contributed by atoms with Crippen LogP contribution < -0.4 is 0 Å². The normalized spacial score (nSPS) is 42.5. The minimum atomic E-state index is -0.0712. The lowest BCUT2D eigenvalue weighted by atomic mass is 9.57. The SMILES string of the molecule is CC(O)[C@]12CCCC[C@H]1CCCC2. The van der Waals surface area contributed by atoms with Crippen LogP contribution in [0.1, 0.15) is 58.3 Å². The third kappa shape index (κ3) is 1.52. The van der Waals surface area contributed by atoms with Crippen molar-refractivity contribution in [2.75, 3.05) is 0 Å². The molecule has 0 radical (unpaired) electrons. The van der Waals surface area contributed by atoms with Crippen LogP contribution in [0, 0.1) is 11.3 Å². The van der Waals surface area contributed by atoms with Crippen LogP contribution in [0.5, 0.6) is 0 Å². The van der Waals surface area contributed by atoms with Crippen molar-refractivity contribution < 1.29 is 5.11 Å². The lowest BCUT2D eigenvalue weighted by molar-refractivity contribution is -0.0624. The van der Waals surface area contributed by atoms with E-state index in [0.717, 1.165) is 5.92 Å². The Labute approximate surface area is 81.5 Å². The Kier molecular flexibility index (Phi) is 2.64. The van der Waals surface area contributed by atoms with E-state index >= 15 is 0 Å². The molecule has 0 amide bonds. The molecule has 0 aliphatic heterocycles. The third-order valence-electron chi connectivity index (χ3n) is 4.53. The summed E-state index contributed by atoms with van der Waals surface area (Å²) in [6, 6.07) is 0. The molecule has 1 atom stereocenters. The van der Waals surface area contributed by atoms with Crippen molar-refractivity contribution >= 4 is 0 Å². The second-order valence-electron chi connectivity index (χ2n) is 5.10. The summed E-state index contributed by atoms with van der Waals surface area (Å²) in [5.74, 6) is 0.843. The van der Waals surface area contributed by atoms with Gasteiger partial charge in [0.1, 0.15) is 0 Å². The molecule has 1 heteroatoms. The Bertz CT molecular complexity index is 162. The maximum atomic E-state index is 9.96. The van der Waals surface area contributed by atoms with E-state index in [1.54, 1.807) is 0 Å². The fourth-order valence-corrected chi connectivity index (χ4v) is 3.70. The molecule has 1 N–H and O–H groups in total. The van der Waals surface area contributed by atoms with Crippen molar-refractivity contribution in [1.82, 2.24) is 0 Å². The van der Waals surface area contributed by atoms with Gasteiger partial charge >= 0.3 is 0 Å². The van der Waals surface area contributed by atoms with E-state index < -0.39 is 0 Å². The summed E-state index contributed by atoms with van der Waals surface area (Å²) < 4.78 is 0. The third-order valence-corrected chi connectivity index (χ3v) is 4.53. The van der Waals surface area contributed by atoms with Gasteiger partial charge in [0.25, 0.3) is 0 Å². The molecule has 13 heavy (non-hydrogen) atoms. The van der Waals surface area contributed by atoms with Crippen LogP contribution in [0.2, 0.25) is 0 Å². The molecule has 2 saturated carbocycles. The average molecular weight is 182 g/mol. The molecule has 0 spiro atoms. The molecular weight excluding hydrogens is 160 g/mol. The van der Waals surface area contributed by atoms with Gasteiger partial charge in [0.15, 0.2) is 0 Å². The Morgan fingerprint density at radius 1 is 1.08 bits per heavy atom. The molecular formula is C12H22O. The van der Waals surface area contributed by atoms with Crippen molar-refractivity contribution in [3.8, 4) is 0 Å². The number of rotatable bonds is 1. The number of hydrogen-bond acceptors (Lipinski definition) is 1. The minimum absolute atomic E-state index is 0.0712. The molecule has 0 aromatic carbocycles. The maximum Gasteiger partial charge on any atom is 0.0570 e. The van der Waals surface area contributed by atoms with Gasteiger partial charge in [-0.25, -0.2) is 0 Å². The van der Waals surface area contributed by atoms with Crippen molar-refractivity contribution in [3.05, 3.63) is 0 Å². The van der Waals surface area contributed by atoms with Crippen LogP contribution in [0.3, 0.4) is 0 Å². The average Bonchev–Trinajstić information content (AvgIpc) is 2.17. The zero-order chi connectivity index (χ0) is 9.31. The topological polar surface area (TPSA) is 20.2 Å². The standard InChI is InChI=1S/C12H22O/c1-10(13)12-8-4-2-6-11(12)7-3-5-9-12/h10-11,13H,2-9H2,1H3/t10?,11-,12+. The summed E-state index contributed by atoms with van der Waals surface area (Å²) in [5.41, 5.74) is 0.330. The van der Waals surface area contributed by atoms with Gasteiger partial charge < -0.3 is 5.11 Å². The Balaban J connectivity index is 2.16. The number of aliphatic hydroxyl groups is 1. The largest absolute Gasteiger partial charge is 0.393 e. The van der Waals surface area contributed by atoms with E-state index in [4.69, 9.17) is 0 Å². The summed E-state index contributed by atoms with van der Waals surface area (Å²) in [5, 5.41) is 9.96. The van der Waals surface area contributed by atoms with E-state index in [-0.39, 0.29) is 6.10 Å². The number of hydrogen-bond donors (Lipinski definition) is 1. The lowest BCUT2D eigenvalue weighted by Crippen LogP contribution is -2.44. The quantitative estimate of drug-likeness (QED) is 0.660. The highest BCUT2D eigenvalue weighted by Gasteiger charge is 2.45. The molecule has 0 bridgehead atoms.